The first kappa shape index (κ1) is 11.5. The molecule has 1 saturated carbocycles. The van der Waals surface area contributed by atoms with Crippen LogP contribution in [0, 0.1) is 17.6 Å². The predicted octanol–water partition coefficient (Wildman–Crippen LogP) is 3.36. The average Bonchev–Trinajstić information content (AvgIpc) is 2.21. The van der Waals surface area contributed by atoms with Crippen LogP contribution >= 0.6 is 0 Å². The molecule has 0 atom stereocenters. The third-order valence-electron chi connectivity index (χ3n) is 3.50. The quantitative estimate of drug-likeness (QED) is 0.778. The highest BCUT2D eigenvalue weighted by atomic mass is 19.1. The molecule has 16 heavy (non-hydrogen) atoms. The Hall–Kier alpha value is -0.960. The van der Waals surface area contributed by atoms with Gasteiger partial charge in [-0.05, 0) is 49.3 Å². The van der Waals surface area contributed by atoms with Crippen molar-refractivity contribution in [1.29, 1.82) is 0 Å². The van der Waals surface area contributed by atoms with Gasteiger partial charge in [0.2, 0.25) is 0 Å². The number of benzene rings is 1. The zero-order valence-electron chi connectivity index (χ0n) is 9.34. The molecule has 1 aromatic carbocycles. The van der Waals surface area contributed by atoms with Gasteiger partial charge in [-0.1, -0.05) is 6.92 Å². The smallest absolute Gasteiger partial charge is 0.126 e. The largest absolute Gasteiger partial charge is 0.385 e. The number of rotatable bonds is 1. The minimum atomic E-state index is -1.05. The van der Waals surface area contributed by atoms with E-state index >= 15 is 0 Å². The summed E-state index contributed by atoms with van der Waals surface area (Å²) in [6, 6.07) is 3.30. The van der Waals surface area contributed by atoms with Gasteiger partial charge in [0.25, 0.3) is 0 Å². The van der Waals surface area contributed by atoms with E-state index in [1.54, 1.807) is 0 Å². The summed E-state index contributed by atoms with van der Waals surface area (Å²) in [4.78, 5) is 0. The van der Waals surface area contributed by atoms with Gasteiger partial charge in [-0.15, -0.1) is 0 Å². The van der Waals surface area contributed by atoms with Crippen LogP contribution in [0.1, 0.15) is 38.2 Å². The van der Waals surface area contributed by atoms with Crippen molar-refractivity contribution in [2.45, 2.75) is 38.2 Å². The minimum absolute atomic E-state index is 0.372. The summed E-state index contributed by atoms with van der Waals surface area (Å²) in [5, 5.41) is 10.4. The maximum absolute atomic E-state index is 13.1. The van der Waals surface area contributed by atoms with Crippen molar-refractivity contribution in [3.05, 3.63) is 35.4 Å². The fourth-order valence-corrected chi connectivity index (χ4v) is 2.35. The van der Waals surface area contributed by atoms with E-state index in [-0.39, 0.29) is 0 Å². The molecular weight excluding hydrogens is 210 g/mol. The molecule has 88 valence electrons. The van der Waals surface area contributed by atoms with Gasteiger partial charge in [0, 0.05) is 6.07 Å². The topological polar surface area (TPSA) is 20.2 Å². The second kappa shape index (κ2) is 4.13. The SMILES string of the molecule is CC1CCC(O)(c2cc(F)cc(F)c2)CC1. The molecule has 0 heterocycles. The summed E-state index contributed by atoms with van der Waals surface area (Å²) >= 11 is 0. The fourth-order valence-electron chi connectivity index (χ4n) is 2.35. The predicted molar refractivity (Wildman–Crippen MR) is 57.9 cm³/mol. The molecule has 0 unspecified atom stereocenters. The van der Waals surface area contributed by atoms with E-state index in [1.807, 2.05) is 0 Å². The molecule has 0 radical (unpaired) electrons. The van der Waals surface area contributed by atoms with Crippen molar-refractivity contribution in [2.24, 2.45) is 5.92 Å². The molecule has 0 spiro atoms. The van der Waals surface area contributed by atoms with Crippen LogP contribution in [0.15, 0.2) is 18.2 Å². The molecule has 2 rings (SSSR count). The molecule has 0 aliphatic heterocycles. The summed E-state index contributed by atoms with van der Waals surface area (Å²) in [7, 11) is 0. The average molecular weight is 226 g/mol. The lowest BCUT2D eigenvalue weighted by molar-refractivity contribution is -0.0125. The van der Waals surface area contributed by atoms with Crippen LogP contribution in [0.5, 0.6) is 0 Å². The van der Waals surface area contributed by atoms with Gasteiger partial charge in [-0.2, -0.15) is 0 Å². The third-order valence-corrected chi connectivity index (χ3v) is 3.50. The van der Waals surface area contributed by atoms with E-state index in [9.17, 15) is 13.9 Å². The number of hydrogen-bond acceptors (Lipinski definition) is 1. The van der Waals surface area contributed by atoms with Crippen LogP contribution in [-0.4, -0.2) is 5.11 Å². The Morgan fingerprint density at radius 3 is 2.12 bits per heavy atom. The first-order chi connectivity index (χ1) is 7.49. The van der Waals surface area contributed by atoms with Crippen molar-refractivity contribution >= 4 is 0 Å². The molecule has 0 saturated heterocycles. The highest BCUT2D eigenvalue weighted by Gasteiger charge is 2.34. The fraction of sp³-hybridized carbons (Fsp3) is 0.538. The summed E-state index contributed by atoms with van der Waals surface area (Å²) in [6.07, 6.45) is 2.96. The zero-order chi connectivity index (χ0) is 11.8. The van der Waals surface area contributed by atoms with Crippen LogP contribution in [-0.2, 0) is 5.60 Å². The van der Waals surface area contributed by atoms with Gasteiger partial charge in [0.05, 0.1) is 5.60 Å². The van der Waals surface area contributed by atoms with E-state index in [4.69, 9.17) is 0 Å². The maximum atomic E-state index is 13.1. The number of halogens is 2. The van der Waals surface area contributed by atoms with Gasteiger partial charge < -0.3 is 5.11 Å². The Labute approximate surface area is 94.1 Å². The zero-order valence-corrected chi connectivity index (χ0v) is 9.34. The van der Waals surface area contributed by atoms with E-state index in [1.165, 1.54) is 12.1 Å². The van der Waals surface area contributed by atoms with Crippen LogP contribution in [0.3, 0.4) is 0 Å². The van der Waals surface area contributed by atoms with E-state index < -0.39 is 17.2 Å². The van der Waals surface area contributed by atoms with Gasteiger partial charge in [0.1, 0.15) is 11.6 Å². The molecule has 1 nitrogen and oxygen atoms in total. The highest BCUT2D eigenvalue weighted by molar-refractivity contribution is 5.24. The van der Waals surface area contributed by atoms with Gasteiger partial charge in [-0.3, -0.25) is 0 Å². The van der Waals surface area contributed by atoms with E-state index in [0.717, 1.165) is 18.9 Å². The Kier molecular flexibility index (Phi) is 2.98. The molecule has 1 aromatic rings. The maximum Gasteiger partial charge on any atom is 0.126 e. The normalized spacial score (nSPS) is 30.4. The number of hydrogen-bond donors (Lipinski definition) is 1. The lowest BCUT2D eigenvalue weighted by Crippen LogP contribution is -2.31. The third kappa shape index (κ3) is 2.24. The first-order valence-corrected chi connectivity index (χ1v) is 5.68. The minimum Gasteiger partial charge on any atom is -0.385 e. The van der Waals surface area contributed by atoms with Gasteiger partial charge in [-0.25, -0.2) is 8.78 Å². The second-order valence-electron chi connectivity index (χ2n) is 4.87. The van der Waals surface area contributed by atoms with Crippen LogP contribution in [0.2, 0.25) is 0 Å². The lowest BCUT2D eigenvalue weighted by atomic mass is 9.76. The Morgan fingerprint density at radius 1 is 1.12 bits per heavy atom. The standard InChI is InChI=1S/C13H16F2O/c1-9-2-4-13(16,5-3-9)10-6-11(14)8-12(15)7-10/h6-9,16H,2-5H2,1H3. The van der Waals surface area contributed by atoms with E-state index in [2.05, 4.69) is 6.92 Å². The lowest BCUT2D eigenvalue weighted by Gasteiger charge is -2.35. The van der Waals surface area contributed by atoms with Crippen molar-refractivity contribution in [3.63, 3.8) is 0 Å². The molecular formula is C13H16F2O. The summed E-state index contributed by atoms with van der Waals surface area (Å²) < 4.78 is 26.2. The molecule has 0 bridgehead atoms. The summed E-state index contributed by atoms with van der Waals surface area (Å²) in [5.41, 5.74) is -0.674. The molecule has 1 aliphatic rings. The first-order valence-electron chi connectivity index (χ1n) is 5.68. The van der Waals surface area contributed by atoms with Crippen LogP contribution in [0.25, 0.3) is 0 Å². The number of aliphatic hydroxyl groups is 1. The molecule has 1 fully saturated rings. The Bertz CT molecular complexity index is 361. The van der Waals surface area contributed by atoms with Crippen LogP contribution < -0.4 is 0 Å². The molecule has 0 aromatic heterocycles. The van der Waals surface area contributed by atoms with Crippen molar-refractivity contribution in [1.82, 2.24) is 0 Å². The Morgan fingerprint density at radius 2 is 1.62 bits per heavy atom. The van der Waals surface area contributed by atoms with Crippen molar-refractivity contribution in [2.75, 3.05) is 0 Å². The van der Waals surface area contributed by atoms with Crippen LogP contribution in [0.4, 0.5) is 8.78 Å². The molecule has 1 aliphatic carbocycles. The summed E-state index contributed by atoms with van der Waals surface area (Å²) in [5.74, 6) is -0.664. The highest BCUT2D eigenvalue weighted by Crippen LogP contribution is 2.39. The van der Waals surface area contributed by atoms with Crippen molar-refractivity contribution < 1.29 is 13.9 Å². The van der Waals surface area contributed by atoms with Gasteiger partial charge >= 0.3 is 0 Å². The van der Waals surface area contributed by atoms with E-state index in [0.29, 0.717) is 24.3 Å². The second-order valence-corrected chi connectivity index (χ2v) is 4.87. The molecule has 0 amide bonds. The molecule has 3 heteroatoms. The van der Waals surface area contributed by atoms with Crippen molar-refractivity contribution in [3.8, 4) is 0 Å². The monoisotopic (exact) mass is 226 g/mol. The molecule has 1 N–H and O–H groups in total. The van der Waals surface area contributed by atoms with Gasteiger partial charge in [0.15, 0.2) is 0 Å². The Balaban J connectivity index is 2.28. The summed E-state index contributed by atoms with van der Waals surface area (Å²) in [6.45, 7) is 2.13.